The van der Waals surface area contributed by atoms with Crippen LogP contribution in [-0.4, -0.2) is 4.57 Å². The maximum absolute atomic E-state index is 9.49. The van der Waals surface area contributed by atoms with Crippen molar-refractivity contribution < 1.29 is 19.2 Å². The summed E-state index contributed by atoms with van der Waals surface area (Å²) in [6, 6.07) is 25.6. The van der Waals surface area contributed by atoms with E-state index in [4.69, 9.17) is 13.7 Å². The Hall–Kier alpha value is -6.42. The van der Waals surface area contributed by atoms with E-state index in [1.54, 1.807) is 6.07 Å². The van der Waals surface area contributed by atoms with Crippen LogP contribution in [0, 0.1) is 0 Å². The molecule has 51 heavy (non-hydrogen) atoms. The van der Waals surface area contributed by atoms with Gasteiger partial charge >= 0.3 is 0 Å². The zero-order chi connectivity index (χ0) is 45.9. The number of anilines is 3. The Kier molecular flexibility index (Phi) is 4.42. The van der Waals surface area contributed by atoms with Crippen LogP contribution < -0.4 is 4.90 Å². The fraction of sp³-hybridized carbons (Fsp3) is 0. The average molecular weight is 683 g/mol. The third-order valence-electron chi connectivity index (χ3n) is 9.06. The number of benzene rings is 8. The van der Waals surface area contributed by atoms with Crippen LogP contribution in [0.1, 0.15) is 19.2 Å². The zero-order valence-corrected chi connectivity index (χ0v) is 27.5. The summed E-state index contributed by atoms with van der Waals surface area (Å²) in [6.45, 7) is 0. The van der Waals surface area contributed by atoms with Crippen LogP contribution in [-0.2, 0) is 0 Å². The van der Waals surface area contributed by atoms with E-state index < -0.39 is 107 Å². The largest absolute Gasteiger partial charge is 0.310 e. The van der Waals surface area contributed by atoms with Crippen LogP contribution in [0.15, 0.2) is 194 Å². The van der Waals surface area contributed by atoms with Crippen molar-refractivity contribution in [1.82, 2.24) is 4.57 Å². The fourth-order valence-corrected chi connectivity index (χ4v) is 8.10. The van der Waals surface area contributed by atoms with Gasteiger partial charge in [-0.1, -0.05) is 133 Å². The number of para-hydroxylation sites is 3. The SMILES string of the molecule is [2H]c1c([2H])c([2H])c(-c2c([2H])c([2H])c(N(c3c([2H])c([2H])c([2H])c([2H])c3[2H])c3ccc(-c4ccc(-n5c6ccccc6c6ccccc65)cc4)c4sc5ccccc5c34)c([2H])c2[2H])c([2H])c1[2H]. The minimum Gasteiger partial charge on any atom is -0.310 e. The number of aromatic nitrogens is 1. The summed E-state index contributed by atoms with van der Waals surface area (Å²) in [5.41, 5.74) is 2.90. The lowest BCUT2D eigenvalue weighted by molar-refractivity contribution is 1.18. The Labute approximate surface area is 320 Å². The maximum atomic E-state index is 9.49. The second-order valence-corrected chi connectivity index (χ2v) is 12.9. The summed E-state index contributed by atoms with van der Waals surface area (Å²) in [4.78, 5) is 1.17. The predicted octanol–water partition coefficient (Wildman–Crippen LogP) is 14.0. The molecule has 0 unspecified atom stereocenters. The number of thiophene rings is 1. The Bertz CT molecular complexity index is 3530. The molecule has 0 amide bonds. The van der Waals surface area contributed by atoms with E-state index >= 15 is 0 Å². The van der Waals surface area contributed by atoms with Crippen molar-refractivity contribution in [2.24, 2.45) is 0 Å². The van der Waals surface area contributed by atoms with Gasteiger partial charge in [0.25, 0.3) is 0 Å². The van der Waals surface area contributed by atoms with Crippen molar-refractivity contribution in [3.8, 4) is 27.9 Å². The lowest BCUT2D eigenvalue weighted by atomic mass is 9.99. The van der Waals surface area contributed by atoms with Crippen molar-refractivity contribution in [1.29, 1.82) is 0 Å². The number of nitrogens with zero attached hydrogens (tertiary/aromatic N) is 2. The molecule has 0 fully saturated rings. The molecule has 2 aromatic heterocycles. The third-order valence-corrected chi connectivity index (χ3v) is 10.3. The molecule has 240 valence electrons. The molecule has 0 aliphatic heterocycles. The molecule has 2 heterocycles. The van der Waals surface area contributed by atoms with Gasteiger partial charge in [0.15, 0.2) is 0 Å². The molecule has 0 saturated carbocycles. The monoisotopic (exact) mass is 682 g/mol. The summed E-state index contributed by atoms with van der Waals surface area (Å²) >= 11 is 1.46. The molecule has 2 nitrogen and oxygen atoms in total. The van der Waals surface area contributed by atoms with Gasteiger partial charge in [-0.05, 0) is 82.8 Å². The van der Waals surface area contributed by atoms with Gasteiger partial charge in [-0.3, -0.25) is 0 Å². The summed E-state index contributed by atoms with van der Waals surface area (Å²) in [6.07, 6.45) is 0. The van der Waals surface area contributed by atoms with Crippen molar-refractivity contribution in [3.05, 3.63) is 194 Å². The van der Waals surface area contributed by atoms with E-state index in [9.17, 15) is 5.48 Å². The Morgan fingerprint density at radius 2 is 1.04 bits per heavy atom. The first kappa shape index (κ1) is 18.5. The highest BCUT2D eigenvalue weighted by Gasteiger charge is 2.21. The van der Waals surface area contributed by atoms with Crippen LogP contribution in [0.25, 0.3) is 69.9 Å². The first-order chi connectivity index (χ1) is 31.1. The lowest BCUT2D eigenvalue weighted by Gasteiger charge is -2.27. The number of fused-ring (bicyclic) bond motifs is 6. The van der Waals surface area contributed by atoms with Gasteiger partial charge in [0.05, 0.1) is 35.9 Å². The minimum absolute atomic E-state index is 0.193. The molecule has 0 radical (unpaired) electrons. The molecule has 0 aliphatic rings. The molecule has 10 rings (SSSR count). The standard InChI is InChI=1S/C48H32N2S/c1-3-13-33(14-4-1)34-23-27-37(28-24-34)49(36-15-5-2-6-16-36)45-32-31-39(48-47(45)42-19-9-12-22-46(42)51-48)35-25-29-38(30-26-35)50-43-20-10-7-17-40(43)41-18-8-11-21-44(41)50/h1-32H/i1D,2D,3D,4D,5D,6D,13D,14D,15D,16D,23D,24D,27D,28D. The molecule has 0 saturated heterocycles. The molecule has 0 bridgehead atoms. The fourth-order valence-electron chi connectivity index (χ4n) is 6.84. The number of rotatable bonds is 6. The van der Waals surface area contributed by atoms with Gasteiger partial charge in [0, 0.05) is 48.0 Å². The molecular formula is C48H32N2S. The zero-order valence-electron chi connectivity index (χ0n) is 40.7. The van der Waals surface area contributed by atoms with Crippen LogP contribution in [0.2, 0.25) is 0 Å². The van der Waals surface area contributed by atoms with E-state index in [0.29, 0.717) is 5.39 Å². The average Bonchev–Trinajstić information content (AvgIpc) is 3.88. The summed E-state index contributed by atoms with van der Waals surface area (Å²) in [5.74, 6) is 0. The van der Waals surface area contributed by atoms with E-state index in [0.717, 1.165) is 53.4 Å². The van der Waals surface area contributed by atoms with Gasteiger partial charge in [0.1, 0.15) is 0 Å². The number of hydrogen-bond donors (Lipinski definition) is 0. The van der Waals surface area contributed by atoms with Crippen LogP contribution >= 0.6 is 11.3 Å². The van der Waals surface area contributed by atoms with Gasteiger partial charge in [0.2, 0.25) is 0 Å². The second-order valence-electron chi connectivity index (χ2n) is 11.9. The van der Waals surface area contributed by atoms with E-state index in [-0.39, 0.29) is 5.69 Å². The quantitative estimate of drug-likeness (QED) is 0.169. The first-order valence-corrected chi connectivity index (χ1v) is 17.0. The van der Waals surface area contributed by atoms with Gasteiger partial charge in [-0.25, -0.2) is 0 Å². The van der Waals surface area contributed by atoms with Crippen molar-refractivity contribution in [3.63, 3.8) is 0 Å². The van der Waals surface area contributed by atoms with E-state index in [1.807, 2.05) is 78.9 Å². The predicted molar refractivity (Wildman–Crippen MR) is 219 cm³/mol. The molecule has 3 heteroatoms. The molecule has 0 atom stereocenters. The van der Waals surface area contributed by atoms with E-state index in [2.05, 4.69) is 28.8 Å². The highest BCUT2D eigenvalue weighted by molar-refractivity contribution is 7.26. The second kappa shape index (κ2) is 12.2. The first-order valence-electron chi connectivity index (χ1n) is 23.2. The molecular weight excluding hydrogens is 637 g/mol. The normalized spacial score (nSPS) is 15.4. The van der Waals surface area contributed by atoms with Crippen LogP contribution in [0.3, 0.4) is 0 Å². The highest BCUT2D eigenvalue weighted by atomic mass is 32.1. The molecule has 8 aromatic carbocycles. The highest BCUT2D eigenvalue weighted by Crippen LogP contribution is 2.48. The van der Waals surface area contributed by atoms with Crippen LogP contribution in [0.4, 0.5) is 17.1 Å². The Morgan fingerprint density at radius 1 is 0.471 bits per heavy atom. The van der Waals surface area contributed by atoms with Gasteiger partial charge in [-0.15, -0.1) is 11.3 Å². The molecule has 10 aromatic rings. The third kappa shape index (κ3) is 4.93. The van der Waals surface area contributed by atoms with Gasteiger partial charge < -0.3 is 9.47 Å². The maximum Gasteiger partial charge on any atom is 0.0645 e. The smallest absolute Gasteiger partial charge is 0.0645 e. The van der Waals surface area contributed by atoms with Gasteiger partial charge in [-0.2, -0.15) is 0 Å². The summed E-state index contributed by atoms with van der Waals surface area (Å²) < 4.78 is 127. The molecule has 0 aliphatic carbocycles. The summed E-state index contributed by atoms with van der Waals surface area (Å²) in [7, 11) is 0. The van der Waals surface area contributed by atoms with Crippen molar-refractivity contribution in [2.75, 3.05) is 4.90 Å². The molecule has 0 N–H and O–H groups in total. The Morgan fingerprint density at radius 3 is 1.73 bits per heavy atom. The molecule has 0 spiro atoms. The van der Waals surface area contributed by atoms with Crippen LogP contribution in [0.5, 0.6) is 0 Å². The lowest BCUT2D eigenvalue weighted by Crippen LogP contribution is -2.10. The minimum atomic E-state index is -0.761. The van der Waals surface area contributed by atoms with Crippen molar-refractivity contribution >= 4 is 70.4 Å². The van der Waals surface area contributed by atoms with Crippen molar-refractivity contribution in [2.45, 2.75) is 0 Å². The summed E-state index contributed by atoms with van der Waals surface area (Å²) in [5, 5.41) is 3.52. The topological polar surface area (TPSA) is 8.17 Å². The van der Waals surface area contributed by atoms with E-state index in [1.165, 1.54) is 16.2 Å². The Balaban J connectivity index is 1.24. The number of hydrogen-bond acceptors (Lipinski definition) is 2.